The van der Waals surface area contributed by atoms with Crippen molar-refractivity contribution in [3.63, 3.8) is 0 Å². The van der Waals surface area contributed by atoms with Gasteiger partial charge in [0.15, 0.2) is 0 Å². The Morgan fingerprint density at radius 3 is 2.64 bits per heavy atom. The number of amides is 1. The molecule has 0 spiro atoms. The fraction of sp³-hybridized carbons (Fsp3) is 0.474. The number of carbonyl (C=O) groups excluding carboxylic acids is 1. The average molecular weight is 342 g/mol. The Bertz CT molecular complexity index is 721. The van der Waals surface area contributed by atoms with Gasteiger partial charge >= 0.3 is 6.09 Å². The fourth-order valence-electron chi connectivity index (χ4n) is 3.33. The van der Waals surface area contributed by atoms with Crippen LogP contribution in [-0.4, -0.2) is 39.5 Å². The predicted molar refractivity (Wildman–Crippen MR) is 97.1 cm³/mol. The van der Waals surface area contributed by atoms with E-state index in [1.807, 2.05) is 49.8 Å². The van der Waals surface area contributed by atoms with Crippen LogP contribution in [0.4, 0.5) is 10.5 Å². The maximum Gasteiger partial charge on any atom is 0.410 e. The average Bonchev–Trinajstić information content (AvgIpc) is 3.17. The molecule has 1 saturated heterocycles. The molecule has 1 aromatic carbocycles. The van der Waals surface area contributed by atoms with Crippen LogP contribution in [0.25, 0.3) is 0 Å². The summed E-state index contributed by atoms with van der Waals surface area (Å²) in [5, 5.41) is 4.42. The molecule has 2 heterocycles. The van der Waals surface area contributed by atoms with E-state index >= 15 is 0 Å². The second-order valence-corrected chi connectivity index (χ2v) is 7.58. The van der Waals surface area contributed by atoms with Crippen LogP contribution < -0.4 is 5.73 Å². The fourth-order valence-corrected chi connectivity index (χ4v) is 3.33. The molecule has 2 atom stereocenters. The van der Waals surface area contributed by atoms with Gasteiger partial charge in [0, 0.05) is 25.2 Å². The van der Waals surface area contributed by atoms with E-state index in [1.165, 1.54) is 5.56 Å². The maximum atomic E-state index is 12.4. The Labute approximate surface area is 148 Å². The van der Waals surface area contributed by atoms with E-state index < -0.39 is 5.60 Å². The first-order valence-corrected chi connectivity index (χ1v) is 8.66. The molecule has 2 N–H and O–H groups in total. The van der Waals surface area contributed by atoms with Gasteiger partial charge in [0.05, 0.1) is 17.9 Å². The predicted octanol–water partition coefficient (Wildman–Crippen LogP) is 3.31. The summed E-state index contributed by atoms with van der Waals surface area (Å²) in [5.41, 5.74) is 7.20. The van der Waals surface area contributed by atoms with Gasteiger partial charge in [0.1, 0.15) is 5.60 Å². The number of benzene rings is 1. The van der Waals surface area contributed by atoms with Gasteiger partial charge in [-0.1, -0.05) is 30.3 Å². The first-order valence-electron chi connectivity index (χ1n) is 8.66. The zero-order chi connectivity index (χ0) is 18.0. The van der Waals surface area contributed by atoms with Gasteiger partial charge in [-0.05, 0) is 32.8 Å². The Morgan fingerprint density at radius 2 is 2.04 bits per heavy atom. The standard InChI is InChI=1S/C19H26N4O2/c1-19(2,3)25-18(24)22-10-9-15(12-22)17(14-7-5-4-6-8-14)23-13-16(20)11-21-23/h4-8,11,13,15,17H,9-10,12,20H2,1-3H3. The second-order valence-electron chi connectivity index (χ2n) is 7.58. The van der Waals surface area contributed by atoms with Crippen molar-refractivity contribution in [1.29, 1.82) is 0 Å². The normalized spacial score (nSPS) is 19.0. The van der Waals surface area contributed by atoms with Crippen LogP contribution in [0.2, 0.25) is 0 Å². The number of nitrogen functional groups attached to an aromatic ring is 1. The summed E-state index contributed by atoms with van der Waals surface area (Å²) in [6.07, 6.45) is 4.17. The van der Waals surface area contributed by atoms with Crippen molar-refractivity contribution in [2.24, 2.45) is 5.92 Å². The summed E-state index contributed by atoms with van der Waals surface area (Å²) in [5.74, 6) is 0.259. The lowest BCUT2D eigenvalue weighted by Crippen LogP contribution is -2.36. The van der Waals surface area contributed by atoms with Crippen molar-refractivity contribution in [2.45, 2.75) is 38.8 Å². The van der Waals surface area contributed by atoms with Crippen LogP contribution in [0, 0.1) is 5.92 Å². The van der Waals surface area contributed by atoms with Crippen LogP contribution >= 0.6 is 0 Å². The maximum absolute atomic E-state index is 12.4. The van der Waals surface area contributed by atoms with E-state index in [9.17, 15) is 4.79 Å². The minimum atomic E-state index is -0.482. The molecule has 6 nitrogen and oxygen atoms in total. The van der Waals surface area contributed by atoms with Crippen molar-refractivity contribution in [1.82, 2.24) is 14.7 Å². The minimum Gasteiger partial charge on any atom is -0.444 e. The number of nitrogens with zero attached hydrogens (tertiary/aromatic N) is 3. The molecule has 0 radical (unpaired) electrons. The van der Waals surface area contributed by atoms with Crippen molar-refractivity contribution in [3.8, 4) is 0 Å². The summed E-state index contributed by atoms with van der Waals surface area (Å²) in [7, 11) is 0. The van der Waals surface area contributed by atoms with Crippen molar-refractivity contribution < 1.29 is 9.53 Å². The molecule has 0 aliphatic carbocycles. The number of nitrogens with two attached hydrogens (primary N) is 1. The van der Waals surface area contributed by atoms with Crippen LogP contribution in [-0.2, 0) is 4.74 Å². The largest absolute Gasteiger partial charge is 0.444 e. The molecule has 6 heteroatoms. The zero-order valence-electron chi connectivity index (χ0n) is 15.1. The van der Waals surface area contributed by atoms with E-state index in [-0.39, 0.29) is 18.1 Å². The third-order valence-electron chi connectivity index (χ3n) is 4.37. The summed E-state index contributed by atoms with van der Waals surface area (Å²) in [6, 6.07) is 10.3. The van der Waals surface area contributed by atoms with Crippen LogP contribution in [0.1, 0.15) is 38.8 Å². The summed E-state index contributed by atoms with van der Waals surface area (Å²) < 4.78 is 7.42. The topological polar surface area (TPSA) is 73.4 Å². The third-order valence-corrected chi connectivity index (χ3v) is 4.37. The molecule has 0 bridgehead atoms. The highest BCUT2D eigenvalue weighted by Crippen LogP contribution is 2.34. The molecule has 1 aromatic heterocycles. The van der Waals surface area contributed by atoms with Crippen molar-refractivity contribution in [2.75, 3.05) is 18.8 Å². The van der Waals surface area contributed by atoms with Gasteiger partial charge < -0.3 is 15.4 Å². The van der Waals surface area contributed by atoms with Crippen molar-refractivity contribution >= 4 is 11.8 Å². The molecule has 1 amide bonds. The summed E-state index contributed by atoms with van der Waals surface area (Å²) >= 11 is 0. The molecule has 25 heavy (non-hydrogen) atoms. The van der Waals surface area contributed by atoms with E-state index in [0.29, 0.717) is 18.8 Å². The number of anilines is 1. The van der Waals surface area contributed by atoms with Gasteiger partial charge in [-0.15, -0.1) is 0 Å². The number of likely N-dealkylation sites (tertiary alicyclic amines) is 1. The SMILES string of the molecule is CC(C)(C)OC(=O)N1CCC(C(c2ccccc2)n2cc(N)cn2)C1. The zero-order valence-corrected chi connectivity index (χ0v) is 15.1. The lowest BCUT2D eigenvalue weighted by Gasteiger charge is -2.26. The van der Waals surface area contributed by atoms with Crippen molar-refractivity contribution in [3.05, 3.63) is 48.3 Å². The minimum absolute atomic E-state index is 0.0472. The summed E-state index contributed by atoms with van der Waals surface area (Å²) in [6.45, 7) is 7.00. The van der Waals surface area contributed by atoms with E-state index in [1.54, 1.807) is 11.1 Å². The molecule has 1 aliphatic rings. The molecular weight excluding hydrogens is 316 g/mol. The van der Waals surface area contributed by atoms with Crippen LogP contribution in [0.3, 0.4) is 0 Å². The molecule has 134 valence electrons. The number of hydrogen-bond donors (Lipinski definition) is 1. The third kappa shape index (κ3) is 4.13. The smallest absolute Gasteiger partial charge is 0.410 e. The number of hydrogen-bond acceptors (Lipinski definition) is 4. The van der Waals surface area contributed by atoms with Crippen LogP contribution in [0.5, 0.6) is 0 Å². The Kier molecular flexibility index (Phi) is 4.70. The van der Waals surface area contributed by atoms with Crippen LogP contribution in [0.15, 0.2) is 42.7 Å². The van der Waals surface area contributed by atoms with Gasteiger partial charge in [0.25, 0.3) is 0 Å². The van der Waals surface area contributed by atoms with Gasteiger partial charge in [-0.3, -0.25) is 4.68 Å². The number of aromatic nitrogens is 2. The van der Waals surface area contributed by atoms with Gasteiger partial charge in [-0.2, -0.15) is 5.10 Å². The lowest BCUT2D eigenvalue weighted by molar-refractivity contribution is 0.0285. The molecule has 2 unspecified atom stereocenters. The first-order chi connectivity index (χ1) is 11.8. The lowest BCUT2D eigenvalue weighted by atomic mass is 9.92. The number of carbonyl (C=O) groups is 1. The van der Waals surface area contributed by atoms with Gasteiger partial charge in [-0.25, -0.2) is 4.79 Å². The van der Waals surface area contributed by atoms with E-state index in [2.05, 4.69) is 17.2 Å². The highest BCUT2D eigenvalue weighted by molar-refractivity contribution is 5.68. The quantitative estimate of drug-likeness (QED) is 0.929. The highest BCUT2D eigenvalue weighted by Gasteiger charge is 2.35. The molecule has 1 aliphatic heterocycles. The molecule has 3 rings (SSSR count). The van der Waals surface area contributed by atoms with E-state index in [0.717, 1.165) is 6.42 Å². The molecule has 0 saturated carbocycles. The van der Waals surface area contributed by atoms with Gasteiger partial charge in [0.2, 0.25) is 0 Å². The Morgan fingerprint density at radius 1 is 1.32 bits per heavy atom. The molecule has 2 aromatic rings. The highest BCUT2D eigenvalue weighted by atomic mass is 16.6. The first kappa shape index (κ1) is 17.3. The summed E-state index contributed by atoms with van der Waals surface area (Å²) in [4.78, 5) is 14.2. The molecule has 1 fully saturated rings. The monoisotopic (exact) mass is 342 g/mol. The molecular formula is C19H26N4O2. The Balaban J connectivity index is 1.80. The second kappa shape index (κ2) is 6.78. The van der Waals surface area contributed by atoms with E-state index in [4.69, 9.17) is 10.5 Å². The number of rotatable bonds is 3. The Hall–Kier alpha value is -2.50. The number of ether oxygens (including phenoxy) is 1.